The molecule has 1 aliphatic rings. The normalized spacial score (nSPS) is 14.6. The molecule has 3 rings (SSSR count). The van der Waals surface area contributed by atoms with Gasteiger partial charge in [-0.2, -0.15) is 5.10 Å². The van der Waals surface area contributed by atoms with Gasteiger partial charge in [0.2, 0.25) is 0 Å². The van der Waals surface area contributed by atoms with Crippen LogP contribution in [0.5, 0.6) is 0 Å². The van der Waals surface area contributed by atoms with Gasteiger partial charge in [0, 0.05) is 5.56 Å². The molecule has 0 spiro atoms. The van der Waals surface area contributed by atoms with Gasteiger partial charge >= 0.3 is 0 Å². The fraction of sp³-hybridized carbons (Fsp3) is 0.261. The van der Waals surface area contributed by atoms with Crippen LogP contribution in [0.1, 0.15) is 43.9 Å². The molecule has 25 heavy (non-hydrogen) atoms. The molecule has 0 saturated heterocycles. The second kappa shape index (κ2) is 7.10. The second-order valence-corrected chi connectivity index (χ2v) is 7.52. The first-order valence-corrected chi connectivity index (χ1v) is 8.81. The summed E-state index contributed by atoms with van der Waals surface area (Å²) < 4.78 is 0. The molecular formula is C23H26N2. The Balaban J connectivity index is 1.90. The number of allylic oxidation sites excluding steroid dienone is 4. The van der Waals surface area contributed by atoms with E-state index in [-0.39, 0.29) is 5.41 Å². The van der Waals surface area contributed by atoms with Crippen molar-refractivity contribution < 1.29 is 0 Å². The van der Waals surface area contributed by atoms with E-state index < -0.39 is 0 Å². The lowest BCUT2D eigenvalue weighted by atomic mass is 9.82. The van der Waals surface area contributed by atoms with E-state index in [1.54, 1.807) is 0 Å². The van der Waals surface area contributed by atoms with E-state index in [4.69, 9.17) is 0 Å². The molecule has 0 radical (unpaired) electrons. The SMILES string of the molecule is Cc1ccccc1N/N=C/c1ccccc1C1=C(C(C)(C)C)C=CC1. The molecule has 128 valence electrons. The summed E-state index contributed by atoms with van der Waals surface area (Å²) >= 11 is 0. The van der Waals surface area contributed by atoms with Gasteiger partial charge in [0.05, 0.1) is 11.9 Å². The molecular weight excluding hydrogens is 304 g/mol. The van der Waals surface area contributed by atoms with E-state index in [9.17, 15) is 0 Å². The van der Waals surface area contributed by atoms with E-state index >= 15 is 0 Å². The van der Waals surface area contributed by atoms with Gasteiger partial charge in [0.1, 0.15) is 0 Å². The fourth-order valence-corrected chi connectivity index (χ4v) is 3.22. The molecule has 0 unspecified atom stereocenters. The Morgan fingerprint density at radius 1 is 1.00 bits per heavy atom. The van der Waals surface area contributed by atoms with Crippen molar-refractivity contribution in [2.45, 2.75) is 34.1 Å². The quantitative estimate of drug-likeness (QED) is 0.524. The third kappa shape index (κ3) is 3.90. The molecule has 0 atom stereocenters. The average molecular weight is 330 g/mol. The van der Waals surface area contributed by atoms with Crippen LogP contribution in [0.2, 0.25) is 0 Å². The maximum Gasteiger partial charge on any atom is 0.0590 e. The highest BCUT2D eigenvalue weighted by atomic mass is 15.3. The second-order valence-electron chi connectivity index (χ2n) is 7.52. The number of hydrogen-bond donors (Lipinski definition) is 1. The predicted octanol–water partition coefficient (Wildman–Crippen LogP) is 6.20. The topological polar surface area (TPSA) is 24.4 Å². The number of nitrogens with one attached hydrogen (secondary N) is 1. The zero-order valence-corrected chi connectivity index (χ0v) is 15.5. The van der Waals surface area contributed by atoms with Crippen molar-refractivity contribution in [2.75, 3.05) is 5.43 Å². The highest BCUT2D eigenvalue weighted by molar-refractivity contribution is 5.91. The van der Waals surface area contributed by atoms with Crippen LogP contribution in [0.25, 0.3) is 5.57 Å². The lowest BCUT2D eigenvalue weighted by Gasteiger charge is -2.22. The van der Waals surface area contributed by atoms with Gasteiger partial charge in [-0.15, -0.1) is 0 Å². The molecule has 1 N–H and O–H groups in total. The number of anilines is 1. The summed E-state index contributed by atoms with van der Waals surface area (Å²) in [5, 5.41) is 4.47. The predicted molar refractivity (Wildman–Crippen MR) is 109 cm³/mol. The van der Waals surface area contributed by atoms with E-state index in [0.717, 1.165) is 17.7 Å². The molecule has 0 aliphatic heterocycles. The van der Waals surface area contributed by atoms with Crippen molar-refractivity contribution in [1.82, 2.24) is 0 Å². The largest absolute Gasteiger partial charge is 0.278 e. The third-order valence-corrected chi connectivity index (χ3v) is 4.56. The Bertz CT molecular complexity index is 848. The van der Waals surface area contributed by atoms with E-state index in [1.807, 2.05) is 24.4 Å². The van der Waals surface area contributed by atoms with Gasteiger partial charge in [-0.05, 0) is 47.1 Å². The summed E-state index contributed by atoms with van der Waals surface area (Å²) in [6.45, 7) is 8.90. The van der Waals surface area contributed by atoms with Crippen molar-refractivity contribution in [1.29, 1.82) is 0 Å². The van der Waals surface area contributed by atoms with E-state index in [1.165, 1.54) is 22.3 Å². The number of rotatable bonds is 4. The fourth-order valence-electron chi connectivity index (χ4n) is 3.22. The van der Waals surface area contributed by atoms with Crippen LogP contribution in [0.15, 0.2) is 71.4 Å². The van der Waals surface area contributed by atoms with E-state index in [0.29, 0.717) is 0 Å². The maximum absolute atomic E-state index is 4.47. The molecule has 2 aromatic carbocycles. The number of para-hydroxylation sites is 1. The van der Waals surface area contributed by atoms with Crippen molar-refractivity contribution in [3.63, 3.8) is 0 Å². The molecule has 2 aromatic rings. The summed E-state index contributed by atoms with van der Waals surface area (Å²) in [5.41, 5.74) is 10.8. The van der Waals surface area contributed by atoms with Gasteiger partial charge in [-0.1, -0.05) is 75.4 Å². The number of hydrazone groups is 1. The van der Waals surface area contributed by atoms with Crippen molar-refractivity contribution in [2.24, 2.45) is 10.5 Å². The highest BCUT2D eigenvalue weighted by Crippen LogP contribution is 2.39. The molecule has 0 heterocycles. The smallest absolute Gasteiger partial charge is 0.0590 e. The maximum atomic E-state index is 4.47. The van der Waals surface area contributed by atoms with Gasteiger partial charge in [0.25, 0.3) is 0 Å². The number of nitrogens with zero attached hydrogens (tertiary/aromatic N) is 1. The van der Waals surface area contributed by atoms with Gasteiger partial charge in [-0.25, -0.2) is 0 Å². The summed E-state index contributed by atoms with van der Waals surface area (Å²) in [6.07, 6.45) is 7.44. The lowest BCUT2D eigenvalue weighted by molar-refractivity contribution is 0.520. The Morgan fingerprint density at radius 2 is 1.72 bits per heavy atom. The zero-order valence-electron chi connectivity index (χ0n) is 15.5. The van der Waals surface area contributed by atoms with Crippen molar-refractivity contribution in [3.8, 4) is 0 Å². The first-order chi connectivity index (χ1) is 12.0. The molecule has 0 bridgehead atoms. The summed E-state index contributed by atoms with van der Waals surface area (Å²) in [6, 6.07) is 16.7. The van der Waals surface area contributed by atoms with Crippen molar-refractivity contribution in [3.05, 3.63) is 82.9 Å². The summed E-state index contributed by atoms with van der Waals surface area (Å²) in [5.74, 6) is 0. The van der Waals surface area contributed by atoms with Crippen LogP contribution in [0.4, 0.5) is 5.69 Å². The van der Waals surface area contributed by atoms with Crippen LogP contribution < -0.4 is 5.43 Å². The Kier molecular flexibility index (Phi) is 4.89. The van der Waals surface area contributed by atoms with Crippen LogP contribution in [-0.4, -0.2) is 6.21 Å². The Hall–Kier alpha value is -2.61. The van der Waals surface area contributed by atoms with Gasteiger partial charge in [-0.3, -0.25) is 5.43 Å². The van der Waals surface area contributed by atoms with E-state index in [2.05, 4.69) is 80.7 Å². The minimum Gasteiger partial charge on any atom is -0.278 e. The molecule has 0 amide bonds. The van der Waals surface area contributed by atoms with Gasteiger partial charge in [0.15, 0.2) is 0 Å². The molecule has 2 heteroatoms. The van der Waals surface area contributed by atoms with Crippen molar-refractivity contribution >= 4 is 17.5 Å². The zero-order chi connectivity index (χ0) is 17.9. The van der Waals surface area contributed by atoms with Crippen LogP contribution in [-0.2, 0) is 0 Å². The standard InChI is InChI=1S/C23H26N2/c1-17-10-5-8-15-22(17)25-24-16-18-11-6-7-12-19(18)20-13-9-14-21(20)23(2,3)4/h5-12,14-16,25H,13H2,1-4H3/b24-16+. The molecule has 0 saturated carbocycles. The minimum atomic E-state index is 0.145. The third-order valence-electron chi connectivity index (χ3n) is 4.56. The minimum absolute atomic E-state index is 0.145. The van der Waals surface area contributed by atoms with Crippen LogP contribution in [0, 0.1) is 12.3 Å². The van der Waals surface area contributed by atoms with Crippen LogP contribution >= 0.6 is 0 Å². The summed E-state index contributed by atoms with van der Waals surface area (Å²) in [4.78, 5) is 0. The average Bonchev–Trinajstić information content (AvgIpc) is 3.07. The molecule has 0 fully saturated rings. The first kappa shape index (κ1) is 17.2. The molecule has 1 aliphatic carbocycles. The Labute approximate surface area is 151 Å². The number of hydrogen-bond acceptors (Lipinski definition) is 2. The number of aryl methyl sites for hydroxylation is 1. The number of benzene rings is 2. The summed E-state index contributed by atoms with van der Waals surface area (Å²) in [7, 11) is 0. The van der Waals surface area contributed by atoms with Crippen LogP contribution in [0.3, 0.4) is 0 Å². The lowest BCUT2D eigenvalue weighted by Crippen LogP contribution is -2.09. The molecule has 2 nitrogen and oxygen atoms in total. The first-order valence-electron chi connectivity index (χ1n) is 8.81. The highest BCUT2D eigenvalue weighted by Gasteiger charge is 2.23. The Morgan fingerprint density at radius 3 is 2.48 bits per heavy atom. The van der Waals surface area contributed by atoms with Gasteiger partial charge < -0.3 is 0 Å². The monoisotopic (exact) mass is 330 g/mol. The molecule has 0 aromatic heterocycles.